The lowest BCUT2D eigenvalue weighted by atomic mass is 10.2. The van der Waals surface area contributed by atoms with Crippen molar-refractivity contribution in [2.75, 3.05) is 6.54 Å². The number of hydrogen-bond acceptors (Lipinski definition) is 7. The molecule has 182 valence electrons. The fourth-order valence-corrected chi connectivity index (χ4v) is 4.92. The number of alkyl halides is 3. The minimum absolute atomic E-state index is 0.225. The molecule has 0 saturated heterocycles. The Morgan fingerprint density at radius 1 is 1.20 bits per heavy atom. The molecule has 0 spiro atoms. The summed E-state index contributed by atoms with van der Waals surface area (Å²) in [4.78, 5) is 20.7. The van der Waals surface area contributed by atoms with Crippen LogP contribution >= 0.6 is 23.1 Å². The number of amides is 1. The van der Waals surface area contributed by atoms with Gasteiger partial charge in [0.25, 0.3) is 5.91 Å². The van der Waals surface area contributed by atoms with E-state index in [1.165, 1.54) is 29.2 Å². The van der Waals surface area contributed by atoms with Crippen LogP contribution in [0.2, 0.25) is 0 Å². The molecule has 1 N–H and O–H groups in total. The largest absolute Gasteiger partial charge is 0.416 e. The predicted octanol–water partition coefficient (Wildman–Crippen LogP) is 5.63. The second-order valence-electron chi connectivity index (χ2n) is 7.46. The number of benzene rings is 1. The second-order valence-corrected chi connectivity index (χ2v) is 9.34. The van der Waals surface area contributed by atoms with Crippen molar-refractivity contribution < 1.29 is 18.0 Å². The molecule has 0 fully saturated rings. The zero-order valence-corrected chi connectivity index (χ0v) is 20.3. The minimum atomic E-state index is -4.49. The lowest BCUT2D eigenvalue weighted by molar-refractivity contribution is -0.137. The number of carbonyl (C=O) groups excluding carboxylic acids is 1. The highest BCUT2D eigenvalue weighted by Crippen LogP contribution is 2.34. The van der Waals surface area contributed by atoms with Gasteiger partial charge >= 0.3 is 6.18 Å². The average Bonchev–Trinajstić information content (AvgIpc) is 3.50. The number of pyridine rings is 1. The van der Waals surface area contributed by atoms with Crippen molar-refractivity contribution in [2.45, 2.75) is 36.9 Å². The van der Waals surface area contributed by atoms with Gasteiger partial charge in [-0.3, -0.25) is 14.3 Å². The molecule has 1 amide bonds. The van der Waals surface area contributed by atoms with Crippen LogP contribution in [0.4, 0.5) is 13.2 Å². The highest BCUT2D eigenvalue weighted by Gasteiger charge is 2.31. The normalized spacial score (nSPS) is 11.5. The van der Waals surface area contributed by atoms with E-state index in [4.69, 9.17) is 0 Å². The zero-order valence-electron chi connectivity index (χ0n) is 18.6. The number of aromatic nitrogens is 5. The van der Waals surface area contributed by atoms with Gasteiger partial charge in [0.2, 0.25) is 0 Å². The van der Waals surface area contributed by atoms with Crippen LogP contribution in [-0.4, -0.2) is 37.2 Å². The molecular weight excluding hydrogens is 497 g/mol. The first kappa shape index (κ1) is 24.9. The highest BCUT2D eigenvalue weighted by atomic mass is 32.2. The highest BCUT2D eigenvalue weighted by molar-refractivity contribution is 7.98. The molecule has 12 heteroatoms. The molecule has 1 aromatic carbocycles. The fourth-order valence-electron chi connectivity index (χ4n) is 3.18. The first-order chi connectivity index (χ1) is 16.9. The second kappa shape index (κ2) is 11.0. The van der Waals surface area contributed by atoms with Crippen molar-refractivity contribution in [3.8, 4) is 17.1 Å². The summed E-state index contributed by atoms with van der Waals surface area (Å²) in [6, 6.07) is 8.49. The van der Waals surface area contributed by atoms with Gasteiger partial charge < -0.3 is 5.32 Å². The molecular formula is C23H21F3N6OS2. The van der Waals surface area contributed by atoms with Crippen molar-refractivity contribution in [3.63, 3.8) is 0 Å². The van der Waals surface area contributed by atoms with Crippen LogP contribution in [0.15, 0.2) is 59.3 Å². The van der Waals surface area contributed by atoms with E-state index in [1.807, 2.05) is 6.92 Å². The summed E-state index contributed by atoms with van der Waals surface area (Å²) < 4.78 is 41.7. The van der Waals surface area contributed by atoms with E-state index in [0.717, 1.165) is 25.0 Å². The Labute approximate surface area is 207 Å². The van der Waals surface area contributed by atoms with Gasteiger partial charge in [-0.2, -0.15) is 13.2 Å². The van der Waals surface area contributed by atoms with Crippen LogP contribution in [0.5, 0.6) is 0 Å². The standard InChI is InChI=1S/C23H21F3N6OS2/c1-2-3-10-28-21(33)18-13-34-19(29-18)14-35-22-31-30-20(15-6-5-9-27-12-15)32(22)17-8-4-7-16(11-17)23(24,25)26/h4-9,11-13H,2-3,10,14H2,1H3,(H,28,33). The van der Waals surface area contributed by atoms with Crippen molar-refractivity contribution >= 4 is 29.0 Å². The Kier molecular flexibility index (Phi) is 7.81. The third-order valence-electron chi connectivity index (χ3n) is 4.91. The van der Waals surface area contributed by atoms with Gasteiger partial charge in [0.15, 0.2) is 11.0 Å². The Morgan fingerprint density at radius 2 is 2.06 bits per heavy atom. The molecule has 4 rings (SSSR count). The van der Waals surface area contributed by atoms with E-state index in [2.05, 4.69) is 25.5 Å². The van der Waals surface area contributed by atoms with Gasteiger partial charge in [0, 0.05) is 29.9 Å². The number of carbonyl (C=O) groups is 1. The van der Waals surface area contributed by atoms with Crippen LogP contribution < -0.4 is 5.32 Å². The molecule has 4 aromatic rings. The van der Waals surface area contributed by atoms with Gasteiger partial charge in [0.05, 0.1) is 17.0 Å². The van der Waals surface area contributed by atoms with Gasteiger partial charge in [-0.25, -0.2) is 4.98 Å². The number of unbranched alkanes of at least 4 members (excludes halogenated alkanes) is 1. The van der Waals surface area contributed by atoms with E-state index in [0.29, 0.717) is 39.5 Å². The van der Waals surface area contributed by atoms with Crippen LogP contribution in [0.1, 0.15) is 40.8 Å². The number of nitrogens with one attached hydrogen (secondary N) is 1. The Morgan fingerprint density at radius 3 is 2.80 bits per heavy atom. The van der Waals surface area contributed by atoms with Crippen molar-refractivity contribution in [1.29, 1.82) is 0 Å². The fraction of sp³-hybridized carbons (Fsp3) is 0.261. The van der Waals surface area contributed by atoms with Gasteiger partial charge in [-0.15, -0.1) is 21.5 Å². The quantitative estimate of drug-likeness (QED) is 0.228. The summed E-state index contributed by atoms with van der Waals surface area (Å²) in [6.07, 6.45) is 0.562. The van der Waals surface area contributed by atoms with Gasteiger partial charge in [0.1, 0.15) is 10.7 Å². The van der Waals surface area contributed by atoms with E-state index in [-0.39, 0.29) is 11.6 Å². The van der Waals surface area contributed by atoms with E-state index in [1.54, 1.807) is 40.5 Å². The Bertz CT molecular complexity index is 1290. The van der Waals surface area contributed by atoms with E-state index >= 15 is 0 Å². The number of halogens is 3. The molecule has 0 saturated carbocycles. The van der Waals surface area contributed by atoms with Gasteiger partial charge in [-0.05, 0) is 36.8 Å². The number of hydrogen-bond donors (Lipinski definition) is 1. The molecule has 0 aliphatic carbocycles. The van der Waals surface area contributed by atoms with Crippen LogP contribution in [-0.2, 0) is 11.9 Å². The molecule has 7 nitrogen and oxygen atoms in total. The molecule has 0 unspecified atom stereocenters. The van der Waals surface area contributed by atoms with Crippen molar-refractivity contribution in [2.24, 2.45) is 0 Å². The molecule has 0 atom stereocenters. The van der Waals surface area contributed by atoms with Crippen molar-refractivity contribution in [3.05, 3.63) is 70.4 Å². The Balaban J connectivity index is 1.61. The third-order valence-corrected chi connectivity index (χ3v) is 6.88. The maximum atomic E-state index is 13.4. The molecule has 35 heavy (non-hydrogen) atoms. The van der Waals surface area contributed by atoms with Crippen LogP contribution in [0, 0.1) is 0 Å². The predicted molar refractivity (Wildman–Crippen MR) is 129 cm³/mol. The molecule has 0 aliphatic rings. The number of thiazole rings is 1. The Hall–Kier alpha value is -3.25. The van der Waals surface area contributed by atoms with E-state index in [9.17, 15) is 18.0 Å². The number of nitrogens with zero attached hydrogens (tertiary/aromatic N) is 5. The number of thioether (sulfide) groups is 1. The van der Waals surface area contributed by atoms with Crippen LogP contribution in [0.3, 0.4) is 0 Å². The van der Waals surface area contributed by atoms with Crippen molar-refractivity contribution in [1.82, 2.24) is 30.0 Å². The third kappa shape index (κ3) is 6.06. The van der Waals surface area contributed by atoms with Gasteiger partial charge in [-0.1, -0.05) is 31.2 Å². The SMILES string of the molecule is CCCCNC(=O)c1csc(CSc2nnc(-c3cccnc3)n2-c2cccc(C(F)(F)F)c2)n1. The lowest BCUT2D eigenvalue weighted by Crippen LogP contribution is -2.24. The zero-order chi connectivity index (χ0) is 24.8. The van der Waals surface area contributed by atoms with Crippen LogP contribution in [0.25, 0.3) is 17.1 Å². The summed E-state index contributed by atoms with van der Waals surface area (Å²) in [7, 11) is 0. The van der Waals surface area contributed by atoms with E-state index < -0.39 is 11.7 Å². The summed E-state index contributed by atoms with van der Waals surface area (Å²) in [6.45, 7) is 2.64. The first-order valence-electron chi connectivity index (χ1n) is 10.8. The summed E-state index contributed by atoms with van der Waals surface area (Å²) in [5, 5.41) is 14.1. The lowest BCUT2D eigenvalue weighted by Gasteiger charge is -2.13. The first-order valence-corrected chi connectivity index (χ1v) is 12.6. The maximum absolute atomic E-state index is 13.4. The average molecular weight is 519 g/mol. The molecule has 0 aliphatic heterocycles. The number of rotatable bonds is 9. The molecule has 3 aromatic heterocycles. The summed E-state index contributed by atoms with van der Waals surface area (Å²) >= 11 is 2.61. The molecule has 0 radical (unpaired) electrons. The molecule has 0 bridgehead atoms. The molecule has 3 heterocycles. The summed E-state index contributed by atoms with van der Waals surface area (Å²) in [5.74, 6) is 0.517. The smallest absolute Gasteiger partial charge is 0.351 e. The maximum Gasteiger partial charge on any atom is 0.416 e. The summed E-state index contributed by atoms with van der Waals surface area (Å²) in [5.41, 5.74) is 0.471. The topological polar surface area (TPSA) is 85.6 Å². The minimum Gasteiger partial charge on any atom is -0.351 e. The monoisotopic (exact) mass is 518 g/mol.